The van der Waals surface area contributed by atoms with Gasteiger partial charge in [0.05, 0.1) is 6.61 Å². The van der Waals surface area contributed by atoms with Gasteiger partial charge in [-0.25, -0.2) is 0 Å². The minimum absolute atomic E-state index is 0.111. The molecule has 0 bridgehead atoms. The molecule has 2 heteroatoms. The Kier molecular flexibility index (Phi) is 2.61. The summed E-state index contributed by atoms with van der Waals surface area (Å²) in [7, 11) is 0. The lowest BCUT2D eigenvalue weighted by Gasteiger charge is -2.36. The van der Waals surface area contributed by atoms with Crippen LogP contribution in [0.1, 0.15) is 39.0 Å². The minimum atomic E-state index is 0.111. The van der Waals surface area contributed by atoms with E-state index in [-0.39, 0.29) is 5.54 Å². The first-order valence-electron chi connectivity index (χ1n) is 5.57. The third-order valence-corrected chi connectivity index (χ3v) is 3.80. The Morgan fingerprint density at radius 2 is 2.23 bits per heavy atom. The highest BCUT2D eigenvalue weighted by Crippen LogP contribution is 2.40. The fourth-order valence-electron chi connectivity index (χ4n) is 2.93. The number of hydrogen-bond acceptors (Lipinski definition) is 2. The normalized spacial score (nSPS) is 46.6. The van der Waals surface area contributed by atoms with Crippen LogP contribution in [0.3, 0.4) is 0 Å². The standard InChI is InChI=1S/C11H21NO/c1-9-4-5-11(12,7-9)10-3-2-6-13-8-10/h9-10H,2-8,12H2,1H3. The van der Waals surface area contributed by atoms with Crippen molar-refractivity contribution in [3.8, 4) is 0 Å². The van der Waals surface area contributed by atoms with Crippen molar-refractivity contribution in [2.24, 2.45) is 17.6 Å². The number of nitrogens with two attached hydrogens (primary N) is 1. The summed E-state index contributed by atoms with van der Waals surface area (Å²) >= 11 is 0. The van der Waals surface area contributed by atoms with E-state index in [0.29, 0.717) is 5.92 Å². The Morgan fingerprint density at radius 3 is 2.77 bits per heavy atom. The van der Waals surface area contributed by atoms with E-state index in [1.165, 1.54) is 32.1 Å². The molecule has 3 unspecified atom stereocenters. The van der Waals surface area contributed by atoms with Crippen LogP contribution in [0.2, 0.25) is 0 Å². The maximum absolute atomic E-state index is 6.44. The third kappa shape index (κ3) is 1.89. The molecule has 3 atom stereocenters. The molecule has 1 heterocycles. The van der Waals surface area contributed by atoms with Gasteiger partial charge in [0.2, 0.25) is 0 Å². The van der Waals surface area contributed by atoms with Gasteiger partial charge in [-0.05, 0) is 38.0 Å². The van der Waals surface area contributed by atoms with Crippen LogP contribution >= 0.6 is 0 Å². The quantitative estimate of drug-likeness (QED) is 0.674. The van der Waals surface area contributed by atoms with Crippen molar-refractivity contribution in [2.75, 3.05) is 13.2 Å². The van der Waals surface area contributed by atoms with Crippen LogP contribution in [0.4, 0.5) is 0 Å². The fraction of sp³-hybridized carbons (Fsp3) is 1.00. The van der Waals surface area contributed by atoms with Crippen LogP contribution < -0.4 is 5.73 Å². The van der Waals surface area contributed by atoms with E-state index >= 15 is 0 Å². The zero-order valence-corrected chi connectivity index (χ0v) is 8.59. The first-order valence-corrected chi connectivity index (χ1v) is 5.57. The highest BCUT2D eigenvalue weighted by atomic mass is 16.5. The zero-order valence-electron chi connectivity index (χ0n) is 8.59. The molecule has 2 fully saturated rings. The van der Waals surface area contributed by atoms with Gasteiger partial charge in [0.1, 0.15) is 0 Å². The molecular formula is C11H21NO. The third-order valence-electron chi connectivity index (χ3n) is 3.80. The summed E-state index contributed by atoms with van der Waals surface area (Å²) < 4.78 is 5.51. The van der Waals surface area contributed by atoms with E-state index in [2.05, 4.69) is 6.92 Å². The van der Waals surface area contributed by atoms with Crippen LogP contribution in [-0.2, 0) is 4.74 Å². The van der Waals surface area contributed by atoms with Crippen LogP contribution in [0.5, 0.6) is 0 Å². The van der Waals surface area contributed by atoms with Crippen molar-refractivity contribution in [1.82, 2.24) is 0 Å². The Balaban J connectivity index is 1.97. The van der Waals surface area contributed by atoms with Gasteiger partial charge in [-0.3, -0.25) is 0 Å². The van der Waals surface area contributed by atoms with Crippen LogP contribution in [0, 0.1) is 11.8 Å². The van der Waals surface area contributed by atoms with E-state index in [0.717, 1.165) is 19.1 Å². The van der Waals surface area contributed by atoms with Gasteiger partial charge < -0.3 is 10.5 Å². The van der Waals surface area contributed by atoms with Crippen LogP contribution in [0.25, 0.3) is 0 Å². The maximum atomic E-state index is 6.44. The molecule has 1 saturated carbocycles. The average molecular weight is 183 g/mol. The highest BCUT2D eigenvalue weighted by Gasteiger charge is 2.40. The maximum Gasteiger partial charge on any atom is 0.0511 e. The largest absolute Gasteiger partial charge is 0.381 e. The monoisotopic (exact) mass is 183 g/mol. The first-order chi connectivity index (χ1) is 6.21. The molecule has 2 aliphatic rings. The summed E-state index contributed by atoms with van der Waals surface area (Å²) in [5.74, 6) is 1.46. The average Bonchev–Trinajstić information content (AvgIpc) is 2.49. The van der Waals surface area contributed by atoms with Gasteiger partial charge in [-0.15, -0.1) is 0 Å². The molecule has 0 radical (unpaired) electrons. The minimum Gasteiger partial charge on any atom is -0.381 e. The predicted octanol–water partition coefficient (Wildman–Crippen LogP) is 1.93. The summed E-state index contributed by atoms with van der Waals surface area (Å²) in [6.07, 6.45) is 6.22. The van der Waals surface area contributed by atoms with E-state index in [1.54, 1.807) is 0 Å². The van der Waals surface area contributed by atoms with Crippen molar-refractivity contribution in [1.29, 1.82) is 0 Å². The molecule has 13 heavy (non-hydrogen) atoms. The van der Waals surface area contributed by atoms with E-state index in [9.17, 15) is 0 Å². The molecule has 2 nitrogen and oxygen atoms in total. The number of rotatable bonds is 1. The lowest BCUT2D eigenvalue weighted by Crippen LogP contribution is -2.48. The molecule has 2 rings (SSSR count). The summed E-state index contributed by atoms with van der Waals surface area (Å²) in [6.45, 7) is 4.17. The Bertz CT molecular complexity index is 177. The Labute approximate surface area is 80.8 Å². The van der Waals surface area contributed by atoms with Gasteiger partial charge in [0.15, 0.2) is 0 Å². The summed E-state index contributed by atoms with van der Waals surface area (Å²) in [4.78, 5) is 0. The topological polar surface area (TPSA) is 35.2 Å². The van der Waals surface area contributed by atoms with Crippen molar-refractivity contribution in [3.63, 3.8) is 0 Å². The Hall–Kier alpha value is -0.0800. The smallest absolute Gasteiger partial charge is 0.0511 e. The molecule has 76 valence electrons. The number of ether oxygens (including phenoxy) is 1. The second-order valence-corrected chi connectivity index (χ2v) is 5.00. The van der Waals surface area contributed by atoms with Crippen LogP contribution in [-0.4, -0.2) is 18.8 Å². The highest BCUT2D eigenvalue weighted by molar-refractivity contribution is 4.97. The second kappa shape index (κ2) is 3.58. The van der Waals surface area contributed by atoms with Crippen molar-refractivity contribution in [3.05, 3.63) is 0 Å². The molecular weight excluding hydrogens is 162 g/mol. The van der Waals surface area contributed by atoms with E-state index < -0.39 is 0 Å². The Morgan fingerprint density at radius 1 is 1.38 bits per heavy atom. The van der Waals surface area contributed by atoms with Gasteiger partial charge >= 0.3 is 0 Å². The van der Waals surface area contributed by atoms with E-state index in [4.69, 9.17) is 10.5 Å². The van der Waals surface area contributed by atoms with E-state index in [1.807, 2.05) is 0 Å². The van der Waals surface area contributed by atoms with Gasteiger partial charge in [-0.2, -0.15) is 0 Å². The molecule has 0 amide bonds. The van der Waals surface area contributed by atoms with Crippen LogP contribution in [0.15, 0.2) is 0 Å². The lowest BCUT2D eigenvalue weighted by atomic mass is 9.79. The summed E-state index contributed by atoms with van der Waals surface area (Å²) in [5.41, 5.74) is 6.56. The van der Waals surface area contributed by atoms with Crippen molar-refractivity contribution in [2.45, 2.75) is 44.6 Å². The summed E-state index contributed by atoms with van der Waals surface area (Å²) in [6, 6.07) is 0. The van der Waals surface area contributed by atoms with Gasteiger partial charge in [-0.1, -0.05) is 6.92 Å². The lowest BCUT2D eigenvalue weighted by molar-refractivity contribution is 0.0217. The molecule has 1 saturated heterocycles. The molecule has 2 N–H and O–H groups in total. The molecule has 1 aliphatic heterocycles. The molecule has 0 spiro atoms. The second-order valence-electron chi connectivity index (χ2n) is 5.00. The molecule has 0 aromatic carbocycles. The van der Waals surface area contributed by atoms with Crippen molar-refractivity contribution >= 4 is 0 Å². The zero-order chi connectivity index (χ0) is 9.31. The SMILES string of the molecule is CC1CCC(N)(C2CCCOC2)C1. The first kappa shape index (κ1) is 9.47. The van der Waals surface area contributed by atoms with Gasteiger partial charge in [0.25, 0.3) is 0 Å². The molecule has 0 aromatic rings. The van der Waals surface area contributed by atoms with Gasteiger partial charge in [0, 0.05) is 18.1 Å². The number of hydrogen-bond donors (Lipinski definition) is 1. The molecule has 0 aromatic heterocycles. The fourth-order valence-corrected chi connectivity index (χ4v) is 2.93. The van der Waals surface area contributed by atoms with Crippen molar-refractivity contribution < 1.29 is 4.74 Å². The summed E-state index contributed by atoms with van der Waals surface area (Å²) in [5, 5.41) is 0. The molecule has 1 aliphatic carbocycles. The predicted molar refractivity (Wildman–Crippen MR) is 53.5 cm³/mol.